The van der Waals surface area contributed by atoms with Gasteiger partial charge in [-0.15, -0.1) is 16.4 Å². The number of anilines is 1. The van der Waals surface area contributed by atoms with Crippen LogP contribution >= 0.6 is 23.1 Å². The van der Waals surface area contributed by atoms with Crippen molar-refractivity contribution in [3.63, 3.8) is 0 Å². The van der Waals surface area contributed by atoms with E-state index in [-0.39, 0.29) is 6.42 Å². The molecule has 0 spiro atoms. The molecule has 11 heteroatoms. The number of fused-ring (bicyclic) bond motifs is 1. The van der Waals surface area contributed by atoms with Gasteiger partial charge in [0.1, 0.15) is 0 Å². The molecule has 4 aromatic rings. The van der Waals surface area contributed by atoms with Gasteiger partial charge in [0.2, 0.25) is 5.16 Å². The minimum Gasteiger partial charge on any atom is -0.452 e. The Hall–Kier alpha value is -3.31. The first-order valence-corrected chi connectivity index (χ1v) is 12.2. The van der Waals surface area contributed by atoms with E-state index in [1.807, 2.05) is 55.8 Å². The van der Waals surface area contributed by atoms with Crippen molar-refractivity contribution in [2.45, 2.75) is 38.5 Å². The van der Waals surface area contributed by atoms with Gasteiger partial charge in [-0.05, 0) is 27.0 Å². The summed E-state index contributed by atoms with van der Waals surface area (Å²) in [6.45, 7) is 5.19. The van der Waals surface area contributed by atoms with Crippen molar-refractivity contribution in [2.75, 3.05) is 11.6 Å². The lowest BCUT2D eigenvalue weighted by molar-refractivity contribution is -0.152. The fourth-order valence-corrected chi connectivity index (χ4v) is 4.31. The van der Waals surface area contributed by atoms with Gasteiger partial charge < -0.3 is 4.74 Å². The number of aryl methyl sites for hydroxylation is 2. The molecular formula is C22H22N6O3S2. The number of carbonyl (C=O) groups is 2. The quantitative estimate of drug-likeness (QED) is 0.314. The predicted octanol–water partition coefficient (Wildman–Crippen LogP) is 3.70. The Morgan fingerprint density at radius 2 is 1.94 bits per heavy atom. The summed E-state index contributed by atoms with van der Waals surface area (Å²) >= 11 is 2.73. The van der Waals surface area contributed by atoms with Crippen LogP contribution in [-0.4, -0.2) is 48.8 Å². The zero-order chi connectivity index (χ0) is 23.5. The number of carbonyl (C=O) groups excluding carboxylic acids is 2. The number of benzene rings is 1. The van der Waals surface area contributed by atoms with Crippen LogP contribution in [0.15, 0.2) is 40.9 Å². The first kappa shape index (κ1) is 22.9. The molecular weight excluding hydrogens is 460 g/mol. The molecule has 33 heavy (non-hydrogen) atoms. The molecule has 0 bridgehead atoms. The summed E-state index contributed by atoms with van der Waals surface area (Å²) in [5, 5.41) is 10.0. The molecule has 0 saturated heterocycles. The number of hydrogen-bond donors (Lipinski definition) is 1. The summed E-state index contributed by atoms with van der Waals surface area (Å²) in [5.41, 5.74) is 3.86. The Morgan fingerprint density at radius 1 is 1.18 bits per heavy atom. The zero-order valence-electron chi connectivity index (χ0n) is 18.5. The molecule has 0 fully saturated rings. The highest BCUT2D eigenvalue weighted by Gasteiger charge is 2.22. The number of amides is 1. The molecule has 1 aromatic carbocycles. The van der Waals surface area contributed by atoms with Crippen molar-refractivity contribution in [1.82, 2.24) is 24.6 Å². The summed E-state index contributed by atoms with van der Waals surface area (Å²) in [7, 11) is 0. The van der Waals surface area contributed by atoms with Crippen molar-refractivity contribution in [1.29, 1.82) is 0 Å². The average molecular weight is 483 g/mol. The van der Waals surface area contributed by atoms with Crippen LogP contribution in [0, 0.1) is 13.8 Å². The Morgan fingerprint density at radius 3 is 2.67 bits per heavy atom. The van der Waals surface area contributed by atoms with E-state index >= 15 is 0 Å². The van der Waals surface area contributed by atoms with Crippen molar-refractivity contribution in [2.24, 2.45) is 0 Å². The van der Waals surface area contributed by atoms with Crippen LogP contribution in [0.2, 0.25) is 0 Å². The number of rotatable bonds is 7. The maximum absolute atomic E-state index is 12.6. The minimum absolute atomic E-state index is 0.0257. The number of ether oxygens (including phenoxy) is 1. The van der Waals surface area contributed by atoms with Crippen LogP contribution in [0.5, 0.6) is 0 Å². The fourth-order valence-electron chi connectivity index (χ4n) is 3.25. The molecule has 3 aromatic heterocycles. The number of thioether (sulfide) groups is 1. The van der Waals surface area contributed by atoms with Crippen LogP contribution in [0.3, 0.4) is 0 Å². The smallest absolute Gasteiger partial charge is 0.311 e. The highest BCUT2D eigenvalue weighted by atomic mass is 32.2. The summed E-state index contributed by atoms with van der Waals surface area (Å²) in [6.07, 6.45) is 0.881. The van der Waals surface area contributed by atoms with Crippen LogP contribution < -0.4 is 5.32 Å². The third kappa shape index (κ3) is 5.04. The molecule has 1 unspecified atom stereocenters. The lowest BCUT2D eigenvalue weighted by Gasteiger charge is -2.14. The van der Waals surface area contributed by atoms with E-state index in [1.165, 1.54) is 30.0 Å². The number of hydrogen-bond acceptors (Lipinski definition) is 9. The lowest BCUT2D eigenvalue weighted by Crippen LogP contribution is -2.30. The van der Waals surface area contributed by atoms with Crippen LogP contribution in [-0.2, 0) is 20.7 Å². The molecule has 0 aliphatic carbocycles. The fraction of sp³-hybridized carbons (Fsp3) is 0.273. The van der Waals surface area contributed by atoms with E-state index in [0.29, 0.717) is 27.3 Å². The van der Waals surface area contributed by atoms with Crippen LogP contribution in [0.1, 0.15) is 23.9 Å². The highest BCUT2D eigenvalue weighted by Crippen LogP contribution is 2.25. The Labute approximate surface area is 198 Å². The van der Waals surface area contributed by atoms with Gasteiger partial charge in [0.25, 0.3) is 11.7 Å². The van der Waals surface area contributed by atoms with E-state index in [0.717, 1.165) is 17.0 Å². The minimum atomic E-state index is -0.978. The van der Waals surface area contributed by atoms with Crippen LogP contribution in [0.4, 0.5) is 5.13 Å². The Kier molecular flexibility index (Phi) is 6.70. The molecule has 9 nitrogen and oxygen atoms in total. The first-order valence-electron chi connectivity index (χ1n) is 10.1. The summed E-state index contributed by atoms with van der Waals surface area (Å²) in [4.78, 5) is 38.3. The molecule has 170 valence electrons. The standard InChI is InChI=1S/C22H22N6O3S2/c1-12-16(13(2)28-20(23-12)26-22(27-28)32-4)10-18(29)31-14(3)19(30)25-21-24-17(11-33-21)15-8-6-5-7-9-15/h5-9,11,14H,10H2,1-4H3,(H,24,25,30). The molecule has 1 amide bonds. The highest BCUT2D eigenvalue weighted by molar-refractivity contribution is 7.98. The van der Waals surface area contributed by atoms with Gasteiger partial charge in [0.05, 0.1) is 12.1 Å². The van der Waals surface area contributed by atoms with Crippen LogP contribution in [0.25, 0.3) is 17.0 Å². The number of nitrogens with zero attached hydrogens (tertiary/aromatic N) is 5. The Balaban J connectivity index is 1.39. The Bertz CT molecular complexity index is 1320. The maximum atomic E-state index is 12.6. The van der Waals surface area contributed by atoms with Gasteiger partial charge >= 0.3 is 5.97 Å². The van der Waals surface area contributed by atoms with E-state index < -0.39 is 18.0 Å². The number of aromatic nitrogens is 5. The molecule has 0 saturated carbocycles. The number of nitrogens with one attached hydrogen (secondary N) is 1. The monoisotopic (exact) mass is 482 g/mol. The second-order valence-corrected chi connectivity index (χ2v) is 8.91. The molecule has 0 aliphatic rings. The van der Waals surface area contributed by atoms with E-state index in [9.17, 15) is 9.59 Å². The van der Waals surface area contributed by atoms with Crippen molar-refractivity contribution in [3.8, 4) is 11.3 Å². The second kappa shape index (κ2) is 9.67. The lowest BCUT2D eigenvalue weighted by atomic mass is 10.1. The zero-order valence-corrected chi connectivity index (χ0v) is 20.2. The molecule has 3 heterocycles. The normalized spacial score (nSPS) is 12.0. The van der Waals surface area contributed by atoms with Crippen molar-refractivity contribution in [3.05, 3.63) is 52.7 Å². The topological polar surface area (TPSA) is 111 Å². The average Bonchev–Trinajstić information content (AvgIpc) is 3.44. The third-order valence-electron chi connectivity index (χ3n) is 5.01. The summed E-state index contributed by atoms with van der Waals surface area (Å²) in [5.74, 6) is -0.489. The molecule has 0 radical (unpaired) electrons. The summed E-state index contributed by atoms with van der Waals surface area (Å²) < 4.78 is 6.99. The molecule has 0 aliphatic heterocycles. The van der Waals surface area contributed by atoms with Gasteiger partial charge in [0, 0.05) is 27.9 Å². The van der Waals surface area contributed by atoms with Gasteiger partial charge in [0.15, 0.2) is 11.2 Å². The van der Waals surface area contributed by atoms with Gasteiger partial charge in [-0.25, -0.2) is 14.5 Å². The van der Waals surface area contributed by atoms with Gasteiger partial charge in [-0.3, -0.25) is 14.9 Å². The molecule has 4 rings (SSSR count). The third-order valence-corrected chi connectivity index (χ3v) is 6.31. The predicted molar refractivity (Wildman–Crippen MR) is 127 cm³/mol. The van der Waals surface area contributed by atoms with E-state index in [1.54, 1.807) is 4.52 Å². The van der Waals surface area contributed by atoms with Crippen molar-refractivity contribution >= 4 is 45.9 Å². The largest absolute Gasteiger partial charge is 0.452 e. The van der Waals surface area contributed by atoms with E-state index in [4.69, 9.17) is 4.74 Å². The van der Waals surface area contributed by atoms with Gasteiger partial charge in [-0.1, -0.05) is 42.1 Å². The molecule has 1 N–H and O–H groups in total. The second-order valence-electron chi connectivity index (χ2n) is 7.27. The first-order chi connectivity index (χ1) is 15.9. The number of esters is 1. The van der Waals surface area contributed by atoms with Gasteiger partial charge in [-0.2, -0.15) is 4.98 Å². The summed E-state index contributed by atoms with van der Waals surface area (Å²) in [6, 6.07) is 9.68. The number of thiazole rings is 1. The molecule has 1 atom stereocenters. The van der Waals surface area contributed by atoms with E-state index in [2.05, 4.69) is 25.4 Å². The maximum Gasteiger partial charge on any atom is 0.311 e. The van der Waals surface area contributed by atoms with Crippen molar-refractivity contribution < 1.29 is 14.3 Å². The SMILES string of the molecule is CSc1nc2nc(C)c(CC(=O)OC(C)C(=O)Nc3nc(-c4ccccc4)cs3)c(C)n2n1.